The van der Waals surface area contributed by atoms with Crippen LogP contribution in [0, 0.1) is 5.92 Å². The third-order valence-electron chi connectivity index (χ3n) is 5.62. The Hall–Kier alpha value is -1.59. The second-order valence-electron chi connectivity index (χ2n) is 7.24. The minimum atomic E-state index is 0.0344. The number of nitrogens with zero attached hydrogens (tertiary/aromatic N) is 2. The molecule has 2 aliphatic rings. The quantitative estimate of drug-likeness (QED) is 0.904. The van der Waals surface area contributed by atoms with Crippen LogP contribution in [0.5, 0.6) is 0 Å². The van der Waals surface area contributed by atoms with Crippen molar-refractivity contribution < 1.29 is 9.53 Å². The number of rotatable bonds is 4. The molecule has 5 heteroatoms. The first-order chi connectivity index (χ1) is 12.2. The fraction of sp³-hybridized carbons (Fsp3) is 0.650. The maximum absolute atomic E-state index is 12.5. The first-order valence-corrected chi connectivity index (χ1v) is 9.65. The Morgan fingerprint density at radius 1 is 1.24 bits per heavy atom. The average Bonchev–Trinajstić information content (AvgIpc) is 2.68. The Morgan fingerprint density at radius 2 is 1.96 bits per heavy atom. The van der Waals surface area contributed by atoms with E-state index in [1.807, 2.05) is 17.0 Å². The molecular formula is C20H31N3O2. The zero-order valence-electron chi connectivity index (χ0n) is 15.5. The smallest absolute Gasteiger partial charge is 0.321 e. The molecule has 1 aromatic rings. The summed E-state index contributed by atoms with van der Waals surface area (Å²) < 4.78 is 5.43. The van der Waals surface area contributed by atoms with Crippen LogP contribution in [0.25, 0.3) is 0 Å². The third-order valence-corrected chi connectivity index (χ3v) is 5.62. The summed E-state index contributed by atoms with van der Waals surface area (Å²) in [7, 11) is 0. The number of carbonyl (C=O) groups is 1. The van der Waals surface area contributed by atoms with Gasteiger partial charge in [-0.05, 0) is 43.4 Å². The van der Waals surface area contributed by atoms with E-state index >= 15 is 0 Å². The van der Waals surface area contributed by atoms with Gasteiger partial charge in [-0.3, -0.25) is 4.90 Å². The predicted octanol–water partition coefficient (Wildman–Crippen LogP) is 3.73. The number of hydrogen-bond acceptors (Lipinski definition) is 3. The highest BCUT2D eigenvalue weighted by molar-refractivity contribution is 5.89. The normalized spacial score (nSPS) is 23.3. The Labute approximate surface area is 151 Å². The summed E-state index contributed by atoms with van der Waals surface area (Å²) in [5.41, 5.74) is 2.16. The molecule has 0 radical (unpaired) electrons. The fourth-order valence-corrected chi connectivity index (χ4v) is 3.81. The summed E-state index contributed by atoms with van der Waals surface area (Å²) in [5, 5.41) is 3.06. The van der Waals surface area contributed by atoms with Gasteiger partial charge in [-0.15, -0.1) is 0 Å². The first kappa shape index (κ1) is 18.2. The molecule has 0 bridgehead atoms. The summed E-state index contributed by atoms with van der Waals surface area (Å²) in [5.74, 6) is 0.649. The van der Waals surface area contributed by atoms with Crippen molar-refractivity contribution in [1.29, 1.82) is 0 Å². The molecule has 25 heavy (non-hydrogen) atoms. The minimum Gasteiger partial charge on any atom is -0.379 e. The number of benzene rings is 1. The van der Waals surface area contributed by atoms with Crippen molar-refractivity contribution in [1.82, 2.24) is 9.80 Å². The van der Waals surface area contributed by atoms with Crippen LogP contribution in [0.4, 0.5) is 10.5 Å². The lowest BCUT2D eigenvalue weighted by molar-refractivity contribution is 0.0198. The van der Waals surface area contributed by atoms with E-state index in [1.54, 1.807) is 0 Å². The van der Waals surface area contributed by atoms with Crippen molar-refractivity contribution in [2.24, 2.45) is 5.92 Å². The van der Waals surface area contributed by atoms with Crippen molar-refractivity contribution in [3.05, 3.63) is 29.8 Å². The number of nitrogens with one attached hydrogen (secondary N) is 1. The first-order valence-electron chi connectivity index (χ1n) is 9.65. The Balaban J connectivity index is 1.55. The molecule has 2 saturated heterocycles. The molecule has 2 aliphatic heterocycles. The second kappa shape index (κ2) is 8.68. The summed E-state index contributed by atoms with van der Waals surface area (Å²) in [6.07, 6.45) is 3.51. The van der Waals surface area contributed by atoms with Crippen molar-refractivity contribution in [2.45, 2.75) is 39.2 Å². The highest BCUT2D eigenvalue weighted by Gasteiger charge is 2.23. The van der Waals surface area contributed by atoms with Crippen molar-refractivity contribution in [3.8, 4) is 0 Å². The molecule has 1 aromatic carbocycles. The number of piperidine rings is 1. The van der Waals surface area contributed by atoms with E-state index in [0.717, 1.165) is 57.9 Å². The highest BCUT2D eigenvalue weighted by Crippen LogP contribution is 2.24. The van der Waals surface area contributed by atoms with E-state index in [1.165, 1.54) is 12.0 Å². The van der Waals surface area contributed by atoms with Gasteiger partial charge in [0.05, 0.1) is 13.2 Å². The van der Waals surface area contributed by atoms with E-state index in [2.05, 4.69) is 36.2 Å². The van der Waals surface area contributed by atoms with E-state index in [9.17, 15) is 4.79 Å². The van der Waals surface area contributed by atoms with Crippen LogP contribution < -0.4 is 5.32 Å². The van der Waals surface area contributed by atoms with Gasteiger partial charge in [-0.1, -0.05) is 25.5 Å². The van der Waals surface area contributed by atoms with Crippen LogP contribution in [0.15, 0.2) is 24.3 Å². The molecule has 138 valence electrons. The van der Waals surface area contributed by atoms with Crippen LogP contribution in [0.2, 0.25) is 0 Å². The van der Waals surface area contributed by atoms with Crippen LogP contribution >= 0.6 is 0 Å². The van der Waals surface area contributed by atoms with Gasteiger partial charge in [0, 0.05) is 37.9 Å². The lowest BCUT2D eigenvalue weighted by Crippen LogP contribution is -2.42. The lowest BCUT2D eigenvalue weighted by atomic mass is 9.96. The van der Waals surface area contributed by atoms with E-state index in [0.29, 0.717) is 12.0 Å². The standard InChI is InChI=1S/C20H31N3O2/c1-3-17-5-4-10-23(15-17)20(24)21-19-8-6-18(7-9-19)16(2)22-11-13-25-14-12-22/h6-9,16-17H,3-5,10-15H2,1-2H3,(H,21,24). The molecule has 0 aromatic heterocycles. The Bertz CT molecular complexity index is 555. The van der Waals surface area contributed by atoms with Crippen molar-refractivity contribution in [2.75, 3.05) is 44.7 Å². The molecule has 0 spiro atoms. The number of hydrogen-bond donors (Lipinski definition) is 1. The minimum absolute atomic E-state index is 0.0344. The average molecular weight is 345 g/mol. The summed E-state index contributed by atoms with van der Waals surface area (Å²) >= 11 is 0. The van der Waals surface area contributed by atoms with Gasteiger partial charge < -0.3 is 15.0 Å². The highest BCUT2D eigenvalue weighted by atomic mass is 16.5. The van der Waals surface area contributed by atoms with Crippen molar-refractivity contribution in [3.63, 3.8) is 0 Å². The number of morpholine rings is 1. The third kappa shape index (κ3) is 4.73. The monoisotopic (exact) mass is 345 g/mol. The van der Waals surface area contributed by atoms with Gasteiger partial charge in [0.2, 0.25) is 0 Å². The molecule has 2 amide bonds. The molecule has 3 rings (SSSR count). The molecule has 1 N–H and O–H groups in total. The largest absolute Gasteiger partial charge is 0.379 e. The van der Waals surface area contributed by atoms with Gasteiger partial charge in [0.25, 0.3) is 0 Å². The number of carbonyl (C=O) groups excluding carboxylic acids is 1. The number of likely N-dealkylation sites (tertiary alicyclic amines) is 1. The molecule has 2 unspecified atom stereocenters. The van der Waals surface area contributed by atoms with Crippen molar-refractivity contribution >= 4 is 11.7 Å². The summed E-state index contributed by atoms with van der Waals surface area (Å²) in [6.45, 7) is 9.78. The van der Waals surface area contributed by atoms with Gasteiger partial charge in [0.1, 0.15) is 0 Å². The molecule has 2 heterocycles. The zero-order valence-corrected chi connectivity index (χ0v) is 15.5. The van der Waals surface area contributed by atoms with Gasteiger partial charge in [-0.25, -0.2) is 4.79 Å². The van der Waals surface area contributed by atoms with Crippen LogP contribution in [0.1, 0.15) is 44.7 Å². The molecule has 5 nitrogen and oxygen atoms in total. The summed E-state index contributed by atoms with van der Waals surface area (Å²) in [6, 6.07) is 8.70. The van der Waals surface area contributed by atoms with E-state index < -0.39 is 0 Å². The maximum atomic E-state index is 12.5. The molecule has 0 saturated carbocycles. The van der Waals surface area contributed by atoms with Crippen LogP contribution in [-0.4, -0.2) is 55.2 Å². The van der Waals surface area contributed by atoms with Crippen LogP contribution in [-0.2, 0) is 4.74 Å². The molecule has 2 atom stereocenters. The zero-order chi connectivity index (χ0) is 17.6. The number of urea groups is 1. The second-order valence-corrected chi connectivity index (χ2v) is 7.24. The fourth-order valence-electron chi connectivity index (χ4n) is 3.81. The van der Waals surface area contributed by atoms with Gasteiger partial charge in [0.15, 0.2) is 0 Å². The molecular weight excluding hydrogens is 314 g/mol. The number of ether oxygens (including phenoxy) is 1. The van der Waals surface area contributed by atoms with Crippen LogP contribution in [0.3, 0.4) is 0 Å². The summed E-state index contributed by atoms with van der Waals surface area (Å²) in [4.78, 5) is 16.9. The number of amides is 2. The molecule has 2 fully saturated rings. The van der Waals surface area contributed by atoms with E-state index in [-0.39, 0.29) is 6.03 Å². The number of anilines is 1. The maximum Gasteiger partial charge on any atom is 0.321 e. The van der Waals surface area contributed by atoms with Gasteiger partial charge in [-0.2, -0.15) is 0 Å². The predicted molar refractivity (Wildman–Crippen MR) is 101 cm³/mol. The van der Waals surface area contributed by atoms with E-state index in [4.69, 9.17) is 4.74 Å². The Kier molecular flexibility index (Phi) is 6.32. The Morgan fingerprint density at radius 3 is 2.64 bits per heavy atom. The topological polar surface area (TPSA) is 44.8 Å². The lowest BCUT2D eigenvalue weighted by Gasteiger charge is -2.33. The SMILES string of the molecule is CCC1CCCN(C(=O)Nc2ccc(C(C)N3CCOCC3)cc2)C1. The van der Waals surface area contributed by atoms with Gasteiger partial charge >= 0.3 is 6.03 Å². The molecule has 0 aliphatic carbocycles.